The summed E-state index contributed by atoms with van der Waals surface area (Å²) < 4.78 is 7.54. The monoisotopic (exact) mass is 562 g/mol. The maximum absolute atomic E-state index is 2.53. The van der Waals surface area contributed by atoms with Gasteiger partial charge in [0.15, 0.2) is 0 Å². The quantitative estimate of drug-likeness (QED) is 0.163. The van der Waals surface area contributed by atoms with Crippen LogP contribution >= 0.6 is 34.2 Å². The van der Waals surface area contributed by atoms with Crippen molar-refractivity contribution in [2.24, 2.45) is 0 Å². The van der Waals surface area contributed by atoms with E-state index in [9.17, 15) is 0 Å². The molecule has 4 heteroatoms. The number of aromatic nitrogens is 2. The molecule has 0 fully saturated rings. The first-order chi connectivity index (χ1) is 16.8. The molecule has 9 aromatic rings. The van der Waals surface area contributed by atoms with Gasteiger partial charge in [0.25, 0.3) is 0 Å². The van der Waals surface area contributed by atoms with Crippen LogP contribution in [0.25, 0.3) is 80.1 Å². The summed E-state index contributed by atoms with van der Waals surface area (Å²) in [5, 5.41) is 10.7. The number of para-hydroxylation sites is 1. The van der Waals surface area contributed by atoms with E-state index in [-0.39, 0.29) is 0 Å². The average Bonchev–Trinajstić information content (AvgIpc) is 3.47. The molecule has 4 heterocycles. The number of halogens is 1. The largest absolute Gasteiger partial charge is 0.308 e. The Kier molecular flexibility index (Phi) is 3.19. The van der Waals surface area contributed by atoms with Crippen LogP contribution in [0.1, 0.15) is 0 Å². The van der Waals surface area contributed by atoms with Crippen molar-refractivity contribution in [2.45, 2.75) is 0 Å². The minimum absolute atomic E-state index is 1.27. The van der Waals surface area contributed by atoms with Crippen molar-refractivity contribution in [1.82, 2.24) is 7.18 Å². The lowest BCUT2D eigenvalue weighted by Gasteiger charge is -2.03. The molecule has 0 saturated heterocycles. The second-order valence-electron chi connectivity index (χ2n) is 9.15. The predicted molar refractivity (Wildman–Crippen MR) is 156 cm³/mol. The number of hydrogen-bond acceptors (Lipinski definition) is 1. The predicted octanol–water partition coefficient (Wildman–Crippen LogP) is 9.51. The standard InChI is InChI=1S/C30H15IN2S/c31-33-23-11-4-7-17-18-8-3-9-19-20-14-21-16-6-1-2-13-26(16)34-27(21)15-25(20)32(30(18)19)22-10-5-12-24(33)29(22)28(17)23/h1-15H. The Morgan fingerprint density at radius 2 is 1.18 bits per heavy atom. The Labute approximate surface area is 211 Å². The minimum atomic E-state index is 1.27. The first-order valence-electron chi connectivity index (χ1n) is 11.4. The smallest absolute Gasteiger partial charge is 0.0646 e. The van der Waals surface area contributed by atoms with Gasteiger partial charge in [0.1, 0.15) is 0 Å². The number of thiophene rings is 1. The molecule has 158 valence electrons. The van der Waals surface area contributed by atoms with Crippen molar-refractivity contribution in [3.8, 4) is 0 Å². The molecule has 0 bridgehead atoms. The van der Waals surface area contributed by atoms with E-state index >= 15 is 0 Å². The van der Waals surface area contributed by atoms with E-state index in [4.69, 9.17) is 0 Å². The zero-order chi connectivity index (χ0) is 22.1. The Balaban J connectivity index is 1.69. The summed E-state index contributed by atoms with van der Waals surface area (Å²) in [5.41, 5.74) is 6.42. The van der Waals surface area contributed by atoms with E-state index in [2.05, 4.69) is 121 Å². The van der Waals surface area contributed by atoms with Crippen LogP contribution in [0.4, 0.5) is 0 Å². The minimum Gasteiger partial charge on any atom is -0.308 e. The van der Waals surface area contributed by atoms with E-state index in [1.807, 2.05) is 11.3 Å². The van der Waals surface area contributed by atoms with Crippen molar-refractivity contribution in [3.63, 3.8) is 0 Å². The molecule has 0 aliphatic rings. The van der Waals surface area contributed by atoms with E-state index in [0.29, 0.717) is 0 Å². The van der Waals surface area contributed by atoms with E-state index in [1.165, 1.54) is 80.1 Å². The van der Waals surface area contributed by atoms with Gasteiger partial charge in [0.05, 0.1) is 50.4 Å². The average molecular weight is 562 g/mol. The zero-order valence-corrected chi connectivity index (χ0v) is 20.8. The van der Waals surface area contributed by atoms with Crippen LogP contribution in [0, 0.1) is 0 Å². The van der Waals surface area contributed by atoms with Crippen molar-refractivity contribution in [3.05, 3.63) is 91.0 Å². The highest BCUT2D eigenvalue weighted by Crippen LogP contribution is 2.45. The lowest BCUT2D eigenvalue weighted by Crippen LogP contribution is -1.86. The summed E-state index contributed by atoms with van der Waals surface area (Å²) in [6.07, 6.45) is 0. The van der Waals surface area contributed by atoms with Crippen LogP contribution in [-0.2, 0) is 0 Å². The molecule has 0 aliphatic heterocycles. The molecule has 4 aromatic heterocycles. The van der Waals surface area contributed by atoms with Gasteiger partial charge in [-0.05, 0) is 41.8 Å². The van der Waals surface area contributed by atoms with Crippen molar-refractivity contribution in [2.75, 3.05) is 0 Å². The maximum Gasteiger partial charge on any atom is 0.0646 e. The normalized spacial score (nSPS) is 12.9. The number of fused-ring (bicyclic) bond motifs is 8. The molecule has 0 aliphatic carbocycles. The third kappa shape index (κ3) is 1.96. The molecule has 0 saturated carbocycles. The molecule has 9 rings (SSSR count). The van der Waals surface area contributed by atoms with Gasteiger partial charge in [-0.1, -0.05) is 54.6 Å². The third-order valence-electron chi connectivity index (χ3n) is 7.55. The van der Waals surface area contributed by atoms with E-state index < -0.39 is 0 Å². The summed E-state index contributed by atoms with van der Waals surface area (Å²) in [4.78, 5) is 0. The molecule has 0 N–H and O–H groups in total. The second-order valence-corrected chi connectivity index (χ2v) is 11.2. The highest BCUT2D eigenvalue weighted by molar-refractivity contribution is 14.1. The Bertz CT molecular complexity index is 2300. The topological polar surface area (TPSA) is 9.34 Å². The first kappa shape index (κ1) is 18.0. The van der Waals surface area contributed by atoms with Crippen LogP contribution in [0.5, 0.6) is 0 Å². The molecule has 0 unspecified atom stereocenters. The molecular formula is C30H15IN2S. The number of rotatable bonds is 0. The van der Waals surface area contributed by atoms with Gasteiger partial charge in [-0.15, -0.1) is 11.3 Å². The highest BCUT2D eigenvalue weighted by Gasteiger charge is 2.21. The lowest BCUT2D eigenvalue weighted by atomic mass is 10.0. The van der Waals surface area contributed by atoms with Crippen molar-refractivity contribution < 1.29 is 0 Å². The molecular weight excluding hydrogens is 547 g/mol. The van der Waals surface area contributed by atoms with E-state index in [0.717, 1.165) is 0 Å². The first-order valence-corrected chi connectivity index (χ1v) is 13.2. The number of nitrogens with zero attached hydrogens (tertiary/aromatic N) is 2. The molecule has 2 nitrogen and oxygen atoms in total. The Morgan fingerprint density at radius 1 is 0.500 bits per heavy atom. The highest BCUT2D eigenvalue weighted by atomic mass is 127. The van der Waals surface area contributed by atoms with Crippen molar-refractivity contribution >= 4 is 114 Å². The van der Waals surface area contributed by atoms with Gasteiger partial charge in [-0.3, -0.25) is 2.78 Å². The zero-order valence-electron chi connectivity index (χ0n) is 17.8. The summed E-state index contributed by atoms with van der Waals surface area (Å²) in [6, 6.07) is 33.9. The van der Waals surface area contributed by atoms with Gasteiger partial charge < -0.3 is 4.40 Å². The summed E-state index contributed by atoms with van der Waals surface area (Å²) in [7, 11) is 0. The van der Waals surface area contributed by atoms with Crippen molar-refractivity contribution in [1.29, 1.82) is 0 Å². The van der Waals surface area contributed by atoms with Gasteiger partial charge in [0.2, 0.25) is 0 Å². The van der Waals surface area contributed by atoms with Crippen LogP contribution in [-0.4, -0.2) is 7.18 Å². The third-order valence-corrected chi connectivity index (χ3v) is 9.73. The summed E-state index contributed by atoms with van der Waals surface area (Å²) in [6.45, 7) is 0. The fraction of sp³-hybridized carbons (Fsp3) is 0. The maximum atomic E-state index is 2.53. The molecule has 0 atom stereocenters. The number of benzene rings is 5. The molecule has 5 aromatic carbocycles. The van der Waals surface area contributed by atoms with Crippen LogP contribution in [0.2, 0.25) is 0 Å². The van der Waals surface area contributed by atoms with Gasteiger partial charge in [-0.2, -0.15) is 0 Å². The SMILES string of the molecule is In1c2cccc3c4cccc5c6cc7c(cc6n(c6cccc1c6c32)c45)sc1ccccc17. The molecule has 0 radical (unpaired) electrons. The fourth-order valence-corrected chi connectivity index (χ4v) is 8.13. The van der Waals surface area contributed by atoms with E-state index in [1.54, 1.807) is 0 Å². The fourth-order valence-electron chi connectivity index (χ4n) is 6.21. The lowest BCUT2D eigenvalue weighted by molar-refractivity contribution is 1.36. The van der Waals surface area contributed by atoms with Crippen LogP contribution in [0.3, 0.4) is 0 Å². The summed E-state index contributed by atoms with van der Waals surface area (Å²) in [5.74, 6) is 0. The van der Waals surface area contributed by atoms with Gasteiger partial charge >= 0.3 is 0 Å². The van der Waals surface area contributed by atoms with Crippen LogP contribution < -0.4 is 0 Å². The second kappa shape index (κ2) is 6.01. The molecule has 34 heavy (non-hydrogen) atoms. The Hall–Kier alpha value is -3.35. The van der Waals surface area contributed by atoms with Crippen LogP contribution in [0.15, 0.2) is 91.0 Å². The molecule has 0 spiro atoms. The number of hydrogen-bond donors (Lipinski definition) is 0. The van der Waals surface area contributed by atoms with Gasteiger partial charge in [-0.25, -0.2) is 0 Å². The summed E-state index contributed by atoms with van der Waals surface area (Å²) >= 11 is 4.35. The Morgan fingerprint density at radius 3 is 2.09 bits per heavy atom. The molecule has 0 amide bonds. The van der Waals surface area contributed by atoms with Gasteiger partial charge in [0, 0.05) is 47.1 Å².